The topological polar surface area (TPSA) is 49.3 Å². The molecular weight excluding hydrogens is 276 g/mol. The first-order valence-corrected chi connectivity index (χ1v) is 8.46. The summed E-state index contributed by atoms with van der Waals surface area (Å²) in [4.78, 5) is 16.9. The van der Waals surface area contributed by atoms with Gasteiger partial charge in [0.1, 0.15) is 0 Å². The third-order valence-electron chi connectivity index (χ3n) is 4.89. The molecule has 2 atom stereocenters. The molecule has 5 heteroatoms. The Morgan fingerprint density at radius 3 is 2.50 bits per heavy atom. The highest BCUT2D eigenvalue weighted by Crippen LogP contribution is 2.38. The van der Waals surface area contributed by atoms with Crippen LogP contribution >= 0.6 is 0 Å². The van der Waals surface area contributed by atoms with Crippen molar-refractivity contribution in [1.82, 2.24) is 15.1 Å². The fourth-order valence-electron chi connectivity index (χ4n) is 3.14. The van der Waals surface area contributed by atoms with Crippen LogP contribution in [0.1, 0.15) is 50.5 Å². The zero-order chi connectivity index (χ0) is 15.7. The van der Waals surface area contributed by atoms with Gasteiger partial charge in [-0.2, -0.15) is 0 Å². The van der Waals surface area contributed by atoms with Crippen LogP contribution in [0, 0.1) is 11.8 Å². The molecule has 3 rings (SSSR count). The van der Waals surface area contributed by atoms with Gasteiger partial charge in [0.2, 0.25) is 0 Å². The number of carbonyl (C=O) groups is 1. The van der Waals surface area contributed by atoms with Crippen LogP contribution in [-0.4, -0.2) is 46.7 Å². The van der Waals surface area contributed by atoms with Crippen molar-refractivity contribution in [2.45, 2.75) is 46.1 Å². The molecule has 0 bridgehead atoms. The lowest BCUT2D eigenvalue weighted by atomic mass is 10.2. The predicted octanol–water partition coefficient (Wildman–Crippen LogP) is 2.58. The van der Waals surface area contributed by atoms with Gasteiger partial charge in [-0.25, -0.2) is 0 Å². The van der Waals surface area contributed by atoms with Gasteiger partial charge < -0.3 is 9.80 Å². The van der Waals surface area contributed by atoms with Gasteiger partial charge in [0, 0.05) is 25.7 Å². The van der Waals surface area contributed by atoms with Crippen molar-refractivity contribution in [3.05, 3.63) is 17.8 Å². The maximum Gasteiger partial charge on any atom is 0.274 e. The Kier molecular flexibility index (Phi) is 4.32. The molecule has 22 heavy (non-hydrogen) atoms. The molecule has 1 aromatic heterocycles. The van der Waals surface area contributed by atoms with Crippen molar-refractivity contribution in [3.8, 4) is 0 Å². The molecule has 120 valence electrons. The third kappa shape index (κ3) is 3.23. The van der Waals surface area contributed by atoms with E-state index < -0.39 is 0 Å². The minimum Gasteiger partial charge on any atom is -0.355 e. The first-order chi connectivity index (χ1) is 10.6. The van der Waals surface area contributed by atoms with Gasteiger partial charge in [0.25, 0.3) is 5.91 Å². The molecule has 1 saturated carbocycles. The average molecular weight is 302 g/mol. The van der Waals surface area contributed by atoms with Crippen LogP contribution in [0.3, 0.4) is 0 Å². The molecule has 2 aliphatic rings. The van der Waals surface area contributed by atoms with E-state index >= 15 is 0 Å². The van der Waals surface area contributed by atoms with Gasteiger partial charge in [0.15, 0.2) is 11.5 Å². The average Bonchev–Trinajstić information content (AvgIpc) is 2.99. The molecule has 1 saturated heterocycles. The summed E-state index contributed by atoms with van der Waals surface area (Å²) in [6.07, 6.45) is 3.65. The molecule has 0 N–H and O–H groups in total. The molecule has 1 aliphatic carbocycles. The second-order valence-electron chi connectivity index (χ2n) is 7.00. The molecule has 5 nitrogen and oxygen atoms in total. The number of hydrogen-bond donors (Lipinski definition) is 0. The Bertz CT molecular complexity index is 522. The Hall–Kier alpha value is -1.65. The summed E-state index contributed by atoms with van der Waals surface area (Å²) < 4.78 is 0. The SMILES string of the molecule is CC(C)N(C[C@@H]1C[C@@H]1C)C(=O)c1ccc(N2CCCC2)nn1. The number of rotatable bonds is 5. The Morgan fingerprint density at radius 1 is 1.32 bits per heavy atom. The van der Waals surface area contributed by atoms with Crippen LogP contribution in [0.4, 0.5) is 5.82 Å². The second-order valence-corrected chi connectivity index (χ2v) is 7.00. The smallest absolute Gasteiger partial charge is 0.274 e. The Morgan fingerprint density at radius 2 is 2.00 bits per heavy atom. The van der Waals surface area contributed by atoms with E-state index in [0.29, 0.717) is 11.6 Å². The number of hydrogen-bond acceptors (Lipinski definition) is 4. The lowest BCUT2D eigenvalue weighted by Gasteiger charge is -2.26. The van der Waals surface area contributed by atoms with Crippen LogP contribution in [-0.2, 0) is 0 Å². The highest BCUT2D eigenvalue weighted by molar-refractivity contribution is 5.92. The van der Waals surface area contributed by atoms with Crippen LogP contribution in [0.25, 0.3) is 0 Å². The Labute approximate surface area is 132 Å². The van der Waals surface area contributed by atoms with Crippen molar-refractivity contribution in [2.24, 2.45) is 11.8 Å². The summed E-state index contributed by atoms with van der Waals surface area (Å²) in [6.45, 7) is 9.30. The summed E-state index contributed by atoms with van der Waals surface area (Å²) in [6, 6.07) is 3.96. The molecule has 0 unspecified atom stereocenters. The van der Waals surface area contributed by atoms with E-state index in [1.807, 2.05) is 17.0 Å². The largest absolute Gasteiger partial charge is 0.355 e. The van der Waals surface area contributed by atoms with Crippen molar-refractivity contribution in [3.63, 3.8) is 0 Å². The molecule has 2 heterocycles. The van der Waals surface area contributed by atoms with E-state index in [0.717, 1.165) is 31.4 Å². The first-order valence-electron chi connectivity index (χ1n) is 8.46. The van der Waals surface area contributed by atoms with E-state index in [4.69, 9.17) is 0 Å². The maximum absolute atomic E-state index is 12.7. The summed E-state index contributed by atoms with van der Waals surface area (Å²) in [7, 11) is 0. The highest BCUT2D eigenvalue weighted by Gasteiger charge is 2.36. The van der Waals surface area contributed by atoms with E-state index in [9.17, 15) is 4.79 Å². The fourth-order valence-corrected chi connectivity index (χ4v) is 3.14. The van der Waals surface area contributed by atoms with Gasteiger partial charge >= 0.3 is 0 Å². The summed E-state index contributed by atoms with van der Waals surface area (Å²) in [5.41, 5.74) is 0.463. The number of aromatic nitrogens is 2. The first kappa shape index (κ1) is 15.3. The zero-order valence-electron chi connectivity index (χ0n) is 13.8. The lowest BCUT2D eigenvalue weighted by Crippen LogP contribution is -2.39. The highest BCUT2D eigenvalue weighted by atomic mass is 16.2. The number of anilines is 1. The normalized spacial score (nSPS) is 23.9. The third-order valence-corrected chi connectivity index (χ3v) is 4.89. The van der Waals surface area contributed by atoms with Crippen molar-refractivity contribution in [2.75, 3.05) is 24.5 Å². The van der Waals surface area contributed by atoms with E-state index in [1.165, 1.54) is 19.3 Å². The van der Waals surface area contributed by atoms with Crippen molar-refractivity contribution < 1.29 is 4.79 Å². The quantitative estimate of drug-likeness (QED) is 0.839. The summed E-state index contributed by atoms with van der Waals surface area (Å²) >= 11 is 0. The molecule has 0 radical (unpaired) electrons. The summed E-state index contributed by atoms with van der Waals surface area (Å²) in [5, 5.41) is 8.45. The molecule has 1 aliphatic heterocycles. The second kappa shape index (κ2) is 6.23. The van der Waals surface area contributed by atoms with E-state index in [2.05, 4.69) is 35.9 Å². The van der Waals surface area contributed by atoms with Gasteiger partial charge in [0.05, 0.1) is 0 Å². The molecular formula is C17H26N4O. The van der Waals surface area contributed by atoms with Gasteiger partial charge in [-0.05, 0) is 57.1 Å². The standard InChI is InChI=1S/C17H26N4O/c1-12(2)21(11-14-10-13(14)3)17(22)15-6-7-16(19-18-15)20-8-4-5-9-20/h6-7,12-14H,4-5,8-11H2,1-3H3/t13-,14-/m0/s1. The number of nitrogens with zero attached hydrogens (tertiary/aromatic N) is 4. The fraction of sp³-hybridized carbons (Fsp3) is 0.706. The van der Waals surface area contributed by atoms with Crippen molar-refractivity contribution >= 4 is 11.7 Å². The molecule has 2 fully saturated rings. The van der Waals surface area contributed by atoms with Crippen LogP contribution in [0.15, 0.2) is 12.1 Å². The van der Waals surface area contributed by atoms with Crippen LogP contribution in [0.5, 0.6) is 0 Å². The van der Waals surface area contributed by atoms with Crippen LogP contribution < -0.4 is 4.90 Å². The molecule has 0 spiro atoms. The van der Waals surface area contributed by atoms with Crippen LogP contribution in [0.2, 0.25) is 0 Å². The molecule has 1 amide bonds. The minimum atomic E-state index is 0.00886. The zero-order valence-corrected chi connectivity index (χ0v) is 13.8. The minimum absolute atomic E-state index is 0.00886. The Balaban J connectivity index is 1.69. The summed E-state index contributed by atoms with van der Waals surface area (Å²) in [5.74, 6) is 2.30. The number of amides is 1. The molecule has 0 aromatic carbocycles. The van der Waals surface area contributed by atoms with Gasteiger partial charge in [-0.3, -0.25) is 4.79 Å². The van der Waals surface area contributed by atoms with E-state index in [-0.39, 0.29) is 11.9 Å². The van der Waals surface area contributed by atoms with Crippen molar-refractivity contribution in [1.29, 1.82) is 0 Å². The predicted molar refractivity (Wildman–Crippen MR) is 86.9 cm³/mol. The van der Waals surface area contributed by atoms with E-state index in [1.54, 1.807) is 0 Å². The van der Waals surface area contributed by atoms with Gasteiger partial charge in [-0.15, -0.1) is 10.2 Å². The monoisotopic (exact) mass is 302 g/mol. The molecule has 1 aromatic rings. The lowest BCUT2D eigenvalue weighted by molar-refractivity contribution is 0.0686. The maximum atomic E-state index is 12.7. The van der Waals surface area contributed by atoms with Gasteiger partial charge in [-0.1, -0.05) is 6.92 Å². The number of carbonyl (C=O) groups excluding carboxylic acids is 1.